The van der Waals surface area contributed by atoms with Crippen molar-refractivity contribution in [3.8, 4) is 0 Å². The van der Waals surface area contributed by atoms with E-state index in [1.54, 1.807) is 36.0 Å². The SMILES string of the molecule is Cc1cccc(NC(=O)CSCCCCN2C(=O)c3ccccc3C2=O)c1C. The second-order valence-corrected chi connectivity index (χ2v) is 7.97. The number of hydrogen-bond donors (Lipinski definition) is 1. The molecule has 0 radical (unpaired) electrons. The minimum atomic E-state index is -0.207. The maximum absolute atomic E-state index is 12.3. The normalized spacial score (nSPS) is 13.0. The number of fused-ring (bicyclic) bond motifs is 1. The molecule has 1 N–H and O–H groups in total. The molecule has 0 fully saturated rings. The first-order chi connectivity index (χ1) is 13.5. The fourth-order valence-corrected chi connectivity index (χ4v) is 3.96. The molecule has 0 saturated carbocycles. The summed E-state index contributed by atoms with van der Waals surface area (Å²) in [5.41, 5.74) is 4.08. The quantitative estimate of drug-likeness (QED) is 0.540. The van der Waals surface area contributed by atoms with Crippen LogP contribution in [0.1, 0.15) is 44.7 Å². The number of unbranched alkanes of at least 4 members (excludes halogenated alkanes) is 1. The maximum atomic E-state index is 12.3. The van der Waals surface area contributed by atoms with Gasteiger partial charge in [-0.25, -0.2) is 0 Å². The van der Waals surface area contributed by atoms with Crippen molar-refractivity contribution in [3.05, 3.63) is 64.7 Å². The second-order valence-electron chi connectivity index (χ2n) is 6.86. The van der Waals surface area contributed by atoms with E-state index in [2.05, 4.69) is 5.32 Å². The number of carbonyl (C=O) groups excluding carboxylic acids is 3. The molecule has 0 aliphatic carbocycles. The molecule has 1 aliphatic rings. The molecule has 1 heterocycles. The Balaban J connectivity index is 1.36. The van der Waals surface area contributed by atoms with Gasteiger partial charge in [-0.15, -0.1) is 0 Å². The Morgan fingerprint density at radius 2 is 1.64 bits per heavy atom. The molecule has 3 rings (SSSR count). The Bertz CT molecular complexity index is 875. The van der Waals surface area contributed by atoms with Gasteiger partial charge >= 0.3 is 0 Å². The molecule has 0 saturated heterocycles. The number of hydrogen-bond acceptors (Lipinski definition) is 4. The minimum absolute atomic E-state index is 0.0148. The van der Waals surface area contributed by atoms with Gasteiger partial charge in [-0.1, -0.05) is 24.3 Å². The Hall–Kier alpha value is -2.60. The van der Waals surface area contributed by atoms with Crippen molar-refractivity contribution in [2.45, 2.75) is 26.7 Å². The highest BCUT2D eigenvalue weighted by atomic mass is 32.2. The molecule has 146 valence electrons. The summed E-state index contributed by atoms with van der Waals surface area (Å²) in [4.78, 5) is 38.0. The van der Waals surface area contributed by atoms with E-state index in [-0.39, 0.29) is 17.7 Å². The van der Waals surface area contributed by atoms with E-state index in [0.717, 1.165) is 35.4 Å². The van der Waals surface area contributed by atoms with E-state index >= 15 is 0 Å². The molecule has 0 aromatic heterocycles. The maximum Gasteiger partial charge on any atom is 0.261 e. The fraction of sp³-hybridized carbons (Fsp3) is 0.318. The minimum Gasteiger partial charge on any atom is -0.325 e. The van der Waals surface area contributed by atoms with E-state index in [9.17, 15) is 14.4 Å². The number of rotatable bonds is 8. The van der Waals surface area contributed by atoms with Crippen molar-refractivity contribution in [3.63, 3.8) is 0 Å². The Labute approximate surface area is 169 Å². The molecule has 2 aromatic carbocycles. The van der Waals surface area contributed by atoms with E-state index in [1.165, 1.54) is 4.90 Å². The van der Waals surface area contributed by atoms with Gasteiger partial charge in [0.2, 0.25) is 5.91 Å². The number of benzene rings is 2. The predicted molar refractivity (Wildman–Crippen MR) is 113 cm³/mol. The Morgan fingerprint density at radius 1 is 0.964 bits per heavy atom. The number of nitrogens with one attached hydrogen (secondary N) is 1. The van der Waals surface area contributed by atoms with Gasteiger partial charge in [0.25, 0.3) is 11.8 Å². The first-order valence-electron chi connectivity index (χ1n) is 9.38. The van der Waals surface area contributed by atoms with Crippen molar-refractivity contribution in [2.75, 3.05) is 23.4 Å². The van der Waals surface area contributed by atoms with Crippen molar-refractivity contribution in [2.24, 2.45) is 0 Å². The summed E-state index contributed by atoms with van der Waals surface area (Å²) in [6, 6.07) is 12.8. The molecule has 5 nitrogen and oxygen atoms in total. The number of aryl methyl sites for hydroxylation is 1. The topological polar surface area (TPSA) is 66.5 Å². The van der Waals surface area contributed by atoms with Crippen LogP contribution < -0.4 is 5.32 Å². The van der Waals surface area contributed by atoms with Gasteiger partial charge in [-0.3, -0.25) is 19.3 Å². The van der Waals surface area contributed by atoms with Crippen LogP contribution >= 0.6 is 11.8 Å². The van der Waals surface area contributed by atoms with Gasteiger partial charge in [-0.2, -0.15) is 11.8 Å². The highest BCUT2D eigenvalue weighted by Gasteiger charge is 2.34. The lowest BCUT2D eigenvalue weighted by atomic mass is 10.1. The van der Waals surface area contributed by atoms with Crippen LogP contribution in [-0.2, 0) is 4.79 Å². The van der Waals surface area contributed by atoms with E-state index in [0.29, 0.717) is 23.4 Å². The number of nitrogens with zero attached hydrogens (tertiary/aromatic N) is 1. The molecule has 0 bridgehead atoms. The third-order valence-corrected chi connectivity index (χ3v) is 5.95. The Kier molecular flexibility index (Phi) is 6.52. The molecule has 2 aromatic rings. The second kappa shape index (κ2) is 9.06. The van der Waals surface area contributed by atoms with Crippen molar-refractivity contribution in [1.82, 2.24) is 4.90 Å². The summed E-state index contributed by atoms with van der Waals surface area (Å²) < 4.78 is 0. The molecular formula is C22H24N2O3S. The largest absolute Gasteiger partial charge is 0.325 e. The molecule has 3 amide bonds. The molecule has 6 heteroatoms. The first kappa shape index (κ1) is 20.1. The van der Waals surface area contributed by atoms with Crippen LogP contribution in [0.2, 0.25) is 0 Å². The highest BCUT2D eigenvalue weighted by molar-refractivity contribution is 7.99. The third kappa shape index (κ3) is 4.44. The van der Waals surface area contributed by atoms with Crippen LogP contribution in [0.4, 0.5) is 5.69 Å². The molecule has 28 heavy (non-hydrogen) atoms. The van der Waals surface area contributed by atoms with Crippen LogP contribution in [0.5, 0.6) is 0 Å². The lowest BCUT2D eigenvalue weighted by Crippen LogP contribution is -2.30. The Morgan fingerprint density at radius 3 is 2.32 bits per heavy atom. The number of imide groups is 1. The zero-order valence-electron chi connectivity index (χ0n) is 16.2. The summed E-state index contributed by atoms with van der Waals surface area (Å²) in [5.74, 6) is 0.769. The van der Waals surface area contributed by atoms with Crippen LogP contribution in [0, 0.1) is 13.8 Å². The molecule has 1 aliphatic heterocycles. The zero-order valence-corrected chi connectivity index (χ0v) is 17.0. The molecule has 0 atom stereocenters. The van der Waals surface area contributed by atoms with Crippen molar-refractivity contribution < 1.29 is 14.4 Å². The molecular weight excluding hydrogens is 372 g/mol. The average molecular weight is 397 g/mol. The van der Waals surface area contributed by atoms with Crippen LogP contribution in [0.3, 0.4) is 0 Å². The standard InChI is InChI=1S/C22H24N2O3S/c1-15-8-7-11-19(16(15)2)23-20(25)14-28-13-6-5-12-24-21(26)17-9-3-4-10-18(17)22(24)27/h3-4,7-11H,5-6,12-14H2,1-2H3,(H,23,25). The van der Waals surface area contributed by atoms with Gasteiger partial charge in [-0.05, 0) is 61.8 Å². The van der Waals surface area contributed by atoms with Gasteiger partial charge in [0.1, 0.15) is 0 Å². The van der Waals surface area contributed by atoms with Crippen LogP contribution in [0.15, 0.2) is 42.5 Å². The average Bonchev–Trinajstić information content (AvgIpc) is 2.93. The number of carbonyl (C=O) groups is 3. The third-order valence-electron chi connectivity index (χ3n) is 4.91. The van der Waals surface area contributed by atoms with E-state index in [1.807, 2.05) is 32.0 Å². The van der Waals surface area contributed by atoms with Gasteiger partial charge in [0, 0.05) is 12.2 Å². The smallest absolute Gasteiger partial charge is 0.261 e. The first-order valence-corrected chi connectivity index (χ1v) is 10.5. The van der Waals surface area contributed by atoms with Crippen LogP contribution in [0.25, 0.3) is 0 Å². The summed E-state index contributed by atoms with van der Waals surface area (Å²) in [6.07, 6.45) is 1.58. The summed E-state index contributed by atoms with van der Waals surface area (Å²) in [6.45, 7) is 4.44. The van der Waals surface area contributed by atoms with Crippen molar-refractivity contribution in [1.29, 1.82) is 0 Å². The van der Waals surface area contributed by atoms with Gasteiger partial charge < -0.3 is 5.32 Å². The predicted octanol–water partition coefficient (Wildman–Crippen LogP) is 4.05. The van der Waals surface area contributed by atoms with E-state index < -0.39 is 0 Å². The number of thioether (sulfide) groups is 1. The lowest BCUT2D eigenvalue weighted by Gasteiger charge is -2.13. The van der Waals surface area contributed by atoms with Gasteiger partial charge in [0.15, 0.2) is 0 Å². The summed E-state index contributed by atoms with van der Waals surface area (Å²) >= 11 is 1.56. The highest BCUT2D eigenvalue weighted by Crippen LogP contribution is 2.23. The van der Waals surface area contributed by atoms with E-state index in [4.69, 9.17) is 0 Å². The molecule has 0 unspecified atom stereocenters. The fourth-order valence-electron chi connectivity index (χ4n) is 3.15. The lowest BCUT2D eigenvalue weighted by molar-refractivity contribution is -0.113. The monoisotopic (exact) mass is 396 g/mol. The van der Waals surface area contributed by atoms with Crippen molar-refractivity contribution >= 4 is 35.2 Å². The molecule has 0 spiro atoms. The number of amides is 3. The van der Waals surface area contributed by atoms with Gasteiger partial charge in [0.05, 0.1) is 16.9 Å². The summed E-state index contributed by atoms with van der Waals surface area (Å²) in [7, 11) is 0. The number of anilines is 1. The summed E-state index contributed by atoms with van der Waals surface area (Å²) in [5, 5.41) is 2.95. The zero-order chi connectivity index (χ0) is 20.1. The van der Waals surface area contributed by atoms with Crippen LogP contribution in [-0.4, -0.2) is 40.7 Å².